The van der Waals surface area contributed by atoms with E-state index in [1.54, 1.807) is 45.0 Å². The van der Waals surface area contributed by atoms with Gasteiger partial charge in [0.2, 0.25) is 11.8 Å². The van der Waals surface area contributed by atoms with Crippen LogP contribution in [0.5, 0.6) is 11.5 Å². The highest BCUT2D eigenvalue weighted by molar-refractivity contribution is 7.92. The van der Waals surface area contributed by atoms with E-state index in [9.17, 15) is 28.1 Å². The SMILES string of the molecule is CC[C@H](C(=O)NC(C)C)N(Cc1cccc(OC)c1)C(=O)CN(c1cc(Cl)ccc1OC)S(=O)(=O)c1ccc(C)c([N+](=O)[O-])c1. The number of halogens is 1. The maximum Gasteiger partial charge on any atom is 0.273 e. The summed E-state index contributed by atoms with van der Waals surface area (Å²) in [6.07, 6.45) is 0.228. The number of amides is 2. The summed E-state index contributed by atoms with van der Waals surface area (Å²) in [4.78, 5) is 39.5. The van der Waals surface area contributed by atoms with E-state index in [0.29, 0.717) is 11.3 Å². The number of carbonyl (C=O) groups is 2. The number of hydrogen-bond donors (Lipinski definition) is 1. The maximum absolute atomic E-state index is 14.3. The second-order valence-corrected chi connectivity index (χ2v) is 12.8. The van der Waals surface area contributed by atoms with Gasteiger partial charge in [-0.25, -0.2) is 8.42 Å². The van der Waals surface area contributed by atoms with Crippen LogP contribution in [-0.2, 0) is 26.2 Å². The molecule has 0 heterocycles. The molecule has 0 radical (unpaired) electrons. The van der Waals surface area contributed by atoms with Gasteiger partial charge in [0.25, 0.3) is 15.7 Å². The number of anilines is 1. The number of benzene rings is 3. The Morgan fingerprint density at radius 1 is 1.04 bits per heavy atom. The molecule has 0 fully saturated rings. The molecule has 3 aromatic carbocycles. The van der Waals surface area contributed by atoms with Crippen molar-refractivity contribution in [1.29, 1.82) is 0 Å². The number of nitrogens with one attached hydrogen (secondary N) is 1. The number of methoxy groups -OCH3 is 2. The third-order valence-electron chi connectivity index (χ3n) is 6.96. The number of nitro groups is 1. The molecule has 45 heavy (non-hydrogen) atoms. The molecule has 0 saturated heterocycles. The van der Waals surface area contributed by atoms with E-state index >= 15 is 0 Å². The number of rotatable bonds is 14. The normalized spacial score (nSPS) is 11.9. The van der Waals surface area contributed by atoms with Crippen molar-refractivity contribution in [1.82, 2.24) is 10.2 Å². The zero-order valence-corrected chi connectivity index (χ0v) is 27.5. The molecule has 0 unspecified atom stereocenters. The van der Waals surface area contributed by atoms with Crippen LogP contribution in [0.15, 0.2) is 65.6 Å². The first kappa shape index (κ1) is 35.1. The van der Waals surface area contributed by atoms with Gasteiger partial charge in [-0.3, -0.25) is 24.0 Å². The van der Waals surface area contributed by atoms with Crippen LogP contribution >= 0.6 is 11.6 Å². The van der Waals surface area contributed by atoms with E-state index in [1.165, 1.54) is 56.4 Å². The number of nitrogens with zero attached hydrogens (tertiary/aromatic N) is 3. The average molecular weight is 661 g/mol. The molecular weight excluding hydrogens is 624 g/mol. The first-order valence-corrected chi connectivity index (χ1v) is 15.9. The molecule has 0 spiro atoms. The van der Waals surface area contributed by atoms with Crippen molar-refractivity contribution in [3.63, 3.8) is 0 Å². The smallest absolute Gasteiger partial charge is 0.273 e. The van der Waals surface area contributed by atoms with E-state index in [4.69, 9.17) is 21.1 Å². The van der Waals surface area contributed by atoms with Crippen LogP contribution in [-0.4, -0.2) is 62.9 Å². The van der Waals surface area contributed by atoms with Gasteiger partial charge in [0, 0.05) is 29.2 Å². The van der Waals surface area contributed by atoms with Gasteiger partial charge in [-0.1, -0.05) is 36.7 Å². The second-order valence-electron chi connectivity index (χ2n) is 10.5. The van der Waals surface area contributed by atoms with E-state index in [2.05, 4.69) is 5.32 Å². The van der Waals surface area contributed by atoms with Crippen molar-refractivity contribution < 1.29 is 32.4 Å². The van der Waals surface area contributed by atoms with Gasteiger partial charge in [0.15, 0.2) is 0 Å². The zero-order valence-electron chi connectivity index (χ0n) is 25.9. The van der Waals surface area contributed by atoms with E-state index in [-0.39, 0.29) is 41.0 Å². The predicted octanol–water partition coefficient (Wildman–Crippen LogP) is 5.10. The van der Waals surface area contributed by atoms with Gasteiger partial charge in [-0.15, -0.1) is 0 Å². The van der Waals surface area contributed by atoms with Crippen LogP contribution in [0.2, 0.25) is 5.02 Å². The van der Waals surface area contributed by atoms with Gasteiger partial charge in [0.1, 0.15) is 24.1 Å². The summed E-state index contributed by atoms with van der Waals surface area (Å²) in [6.45, 7) is 5.99. The second kappa shape index (κ2) is 15.1. The van der Waals surface area contributed by atoms with Crippen molar-refractivity contribution in [2.75, 3.05) is 25.1 Å². The highest BCUT2D eigenvalue weighted by Crippen LogP contribution is 2.36. The van der Waals surface area contributed by atoms with Crippen LogP contribution < -0.4 is 19.1 Å². The van der Waals surface area contributed by atoms with Crippen molar-refractivity contribution >= 4 is 44.8 Å². The third-order valence-corrected chi connectivity index (χ3v) is 8.95. The molecule has 12 nitrogen and oxygen atoms in total. The van der Waals surface area contributed by atoms with E-state index in [0.717, 1.165) is 10.4 Å². The Morgan fingerprint density at radius 3 is 2.36 bits per heavy atom. The first-order chi connectivity index (χ1) is 21.2. The zero-order chi connectivity index (χ0) is 33.5. The molecule has 242 valence electrons. The maximum atomic E-state index is 14.3. The fourth-order valence-corrected chi connectivity index (χ4v) is 6.32. The molecule has 0 aliphatic heterocycles. The lowest BCUT2D eigenvalue weighted by Gasteiger charge is -2.34. The monoisotopic (exact) mass is 660 g/mol. The van der Waals surface area contributed by atoms with Gasteiger partial charge in [0.05, 0.1) is 29.7 Å². The number of carbonyl (C=O) groups excluding carboxylic acids is 2. The van der Waals surface area contributed by atoms with E-state index < -0.39 is 49.9 Å². The number of hydrogen-bond acceptors (Lipinski definition) is 8. The molecule has 0 saturated carbocycles. The molecule has 14 heteroatoms. The summed E-state index contributed by atoms with van der Waals surface area (Å²) in [5, 5.41) is 14.7. The van der Waals surface area contributed by atoms with Crippen molar-refractivity contribution in [3.8, 4) is 11.5 Å². The topological polar surface area (TPSA) is 148 Å². The fraction of sp³-hybridized carbons (Fsp3) is 0.355. The average Bonchev–Trinajstić information content (AvgIpc) is 2.99. The Hall–Kier alpha value is -4.36. The number of ether oxygens (including phenoxy) is 2. The molecule has 0 aliphatic rings. The van der Waals surface area contributed by atoms with Crippen molar-refractivity contribution in [2.24, 2.45) is 0 Å². The Labute approximate surface area is 268 Å². The molecular formula is C31H37ClN4O8S. The minimum atomic E-state index is -4.64. The first-order valence-electron chi connectivity index (χ1n) is 14.1. The predicted molar refractivity (Wildman–Crippen MR) is 171 cm³/mol. The number of aryl methyl sites for hydroxylation is 1. The summed E-state index contributed by atoms with van der Waals surface area (Å²) in [5.74, 6) is -0.502. The minimum absolute atomic E-state index is 0.0450. The van der Waals surface area contributed by atoms with Crippen molar-refractivity contribution in [3.05, 3.63) is 86.9 Å². The molecule has 1 atom stereocenters. The molecule has 0 aromatic heterocycles. The Balaban J connectivity index is 2.20. The minimum Gasteiger partial charge on any atom is -0.497 e. The largest absolute Gasteiger partial charge is 0.497 e. The summed E-state index contributed by atoms with van der Waals surface area (Å²) in [5.41, 5.74) is 0.426. The van der Waals surface area contributed by atoms with Gasteiger partial charge in [-0.2, -0.15) is 0 Å². The lowest BCUT2D eigenvalue weighted by atomic mass is 10.1. The van der Waals surface area contributed by atoms with Crippen LogP contribution in [0.25, 0.3) is 0 Å². The fourth-order valence-electron chi connectivity index (χ4n) is 4.71. The van der Waals surface area contributed by atoms with Gasteiger partial charge < -0.3 is 19.7 Å². The number of sulfonamides is 1. The summed E-state index contributed by atoms with van der Waals surface area (Å²) >= 11 is 6.27. The molecule has 3 rings (SSSR count). The lowest BCUT2D eigenvalue weighted by Crippen LogP contribution is -2.53. The van der Waals surface area contributed by atoms with Crippen molar-refractivity contribution in [2.45, 2.75) is 57.6 Å². The third kappa shape index (κ3) is 8.43. The van der Waals surface area contributed by atoms with Crippen LogP contribution in [0, 0.1) is 17.0 Å². The molecule has 0 aliphatic carbocycles. The molecule has 0 bridgehead atoms. The Bertz CT molecular complexity index is 1660. The molecule has 3 aromatic rings. The van der Waals surface area contributed by atoms with Crippen LogP contribution in [0.3, 0.4) is 0 Å². The van der Waals surface area contributed by atoms with Crippen LogP contribution in [0.4, 0.5) is 11.4 Å². The summed E-state index contributed by atoms with van der Waals surface area (Å²) in [7, 11) is -1.81. The summed E-state index contributed by atoms with van der Waals surface area (Å²) in [6, 6.07) is 13.5. The molecule has 2 amide bonds. The number of nitro benzene ring substituents is 1. The standard InChI is InChI=1S/C31H37ClN4O8S/c1-7-26(31(38)33-20(2)3)34(18-22-9-8-10-24(15-22)43-5)30(37)19-35(28-16-23(32)12-14-29(28)44-6)45(41,42)25-13-11-21(4)27(17-25)36(39)40/h8-17,20,26H,7,18-19H2,1-6H3,(H,33,38)/t26-/m1/s1. The highest BCUT2D eigenvalue weighted by atomic mass is 35.5. The Morgan fingerprint density at radius 2 is 1.76 bits per heavy atom. The lowest BCUT2D eigenvalue weighted by molar-refractivity contribution is -0.385. The van der Waals surface area contributed by atoms with Gasteiger partial charge >= 0.3 is 0 Å². The Kier molecular flexibility index (Phi) is 11.8. The molecule has 1 N–H and O–H groups in total. The van der Waals surface area contributed by atoms with Crippen LogP contribution in [0.1, 0.15) is 38.3 Å². The summed E-state index contributed by atoms with van der Waals surface area (Å²) < 4.78 is 40.1. The van der Waals surface area contributed by atoms with E-state index in [1.807, 2.05) is 0 Å². The quantitative estimate of drug-likeness (QED) is 0.185. The van der Waals surface area contributed by atoms with Gasteiger partial charge in [-0.05, 0) is 69.2 Å². The highest BCUT2D eigenvalue weighted by Gasteiger charge is 2.36.